The van der Waals surface area contributed by atoms with Gasteiger partial charge < -0.3 is 40.5 Å². The van der Waals surface area contributed by atoms with Crippen molar-refractivity contribution in [2.75, 3.05) is 0 Å². The first-order valence-corrected chi connectivity index (χ1v) is 9.01. The van der Waals surface area contributed by atoms with Crippen molar-refractivity contribution < 1.29 is 39.5 Å². The van der Waals surface area contributed by atoms with E-state index >= 15 is 0 Å². The molecule has 2 aliphatic rings. The summed E-state index contributed by atoms with van der Waals surface area (Å²) < 4.78 is 10.5. The molecule has 2 fully saturated rings. The van der Waals surface area contributed by atoms with Crippen molar-refractivity contribution in [2.24, 2.45) is 5.92 Å². The van der Waals surface area contributed by atoms with Crippen LogP contribution >= 0.6 is 0 Å². The van der Waals surface area contributed by atoms with E-state index in [2.05, 4.69) is 10.6 Å². The zero-order chi connectivity index (χ0) is 20.9. The Morgan fingerprint density at radius 1 is 0.615 bits per heavy atom. The molecule has 39 heavy (non-hydrogen) atoms. The lowest BCUT2D eigenvalue weighted by atomic mass is 9.90. The van der Waals surface area contributed by atoms with Crippen molar-refractivity contribution in [2.45, 2.75) is 179 Å². The van der Waals surface area contributed by atoms with Gasteiger partial charge in [0.25, 0.3) is 0 Å². The fraction of sp³-hybridized carbons (Fsp3) is 0.931. The van der Waals surface area contributed by atoms with Gasteiger partial charge in [-0.15, -0.1) is 0 Å². The van der Waals surface area contributed by atoms with Crippen LogP contribution in [0.15, 0.2) is 0 Å². The number of carbonyl (C=O) groups excluding carboxylic acids is 2. The largest absolute Gasteiger partial charge is 0.390 e. The van der Waals surface area contributed by atoms with E-state index in [-0.39, 0.29) is 113 Å². The third kappa shape index (κ3) is 21.2. The van der Waals surface area contributed by atoms with Gasteiger partial charge in [0.2, 0.25) is 12.3 Å². The monoisotopic (exact) mass is 585 g/mol. The van der Waals surface area contributed by atoms with Crippen LogP contribution in [-0.4, -0.2) is 87.7 Å². The van der Waals surface area contributed by atoms with Crippen LogP contribution < -0.4 is 10.6 Å². The first kappa shape index (κ1) is 76.9. The summed E-state index contributed by atoms with van der Waals surface area (Å²) in [6, 6.07) is -1.28. The molecule has 0 aromatic heterocycles. The Bertz CT molecular complexity index is 500. The van der Waals surface area contributed by atoms with Gasteiger partial charge in [-0.3, -0.25) is 9.59 Å². The van der Waals surface area contributed by atoms with Crippen LogP contribution in [0.25, 0.3) is 0 Å². The van der Waals surface area contributed by atoms with Crippen molar-refractivity contribution in [3.8, 4) is 0 Å². The maximum Gasteiger partial charge on any atom is 0.217 e. The van der Waals surface area contributed by atoms with E-state index in [4.69, 9.17) is 9.47 Å². The highest BCUT2D eigenvalue weighted by Crippen LogP contribution is 2.24. The maximum absolute atomic E-state index is 10.8. The van der Waals surface area contributed by atoms with E-state index in [1.165, 1.54) is 6.92 Å². The van der Waals surface area contributed by atoms with Gasteiger partial charge in [0, 0.05) is 12.8 Å². The lowest BCUT2D eigenvalue weighted by molar-refractivity contribution is -0.223. The second kappa shape index (κ2) is 34.7. The second-order valence-electron chi connectivity index (χ2n) is 7.15. The normalized spacial score (nSPS) is 30.8. The number of rotatable bonds is 3. The van der Waals surface area contributed by atoms with Crippen LogP contribution in [-0.2, 0) is 19.1 Å². The van der Waals surface area contributed by atoms with E-state index in [1.807, 2.05) is 6.92 Å². The summed E-state index contributed by atoms with van der Waals surface area (Å²) >= 11 is 0. The molecule has 0 aromatic rings. The summed E-state index contributed by atoms with van der Waals surface area (Å²) in [5, 5.41) is 43.1. The van der Waals surface area contributed by atoms with E-state index < -0.39 is 42.8 Å². The molecule has 2 saturated heterocycles. The topological polar surface area (TPSA) is 158 Å². The van der Waals surface area contributed by atoms with Crippen LogP contribution in [0, 0.1) is 5.92 Å². The lowest BCUT2D eigenvalue weighted by Crippen LogP contribution is -2.60. The fourth-order valence-electron chi connectivity index (χ4n) is 3.18. The molecule has 2 rings (SSSR count). The lowest BCUT2D eigenvalue weighted by Gasteiger charge is -2.40. The van der Waals surface area contributed by atoms with E-state index in [0.717, 1.165) is 0 Å². The average molecular weight is 585 g/mol. The van der Waals surface area contributed by atoms with Crippen LogP contribution in [0.1, 0.15) is 124 Å². The Balaban J connectivity index is -0.0000000286. The predicted molar refractivity (Wildman–Crippen MR) is 175 cm³/mol. The first-order chi connectivity index (χ1) is 12.5. The summed E-state index contributed by atoms with van der Waals surface area (Å²) in [5.41, 5.74) is 0. The molecule has 0 radical (unpaired) electrons. The smallest absolute Gasteiger partial charge is 0.217 e. The number of carbonyl (C=O) groups is 2. The number of ether oxygens (including phenoxy) is 2. The minimum atomic E-state index is -1.14. The van der Waals surface area contributed by atoms with Crippen molar-refractivity contribution in [1.29, 1.82) is 0 Å². The molecule has 0 aromatic carbocycles. The molecule has 10 heteroatoms. The standard InChI is InChI=1S/C9H17NO4.C8H15NO4.12CH4/c1-4-5(2)14-9(13)7(8(4)12)10-6(3)11;1-4-6(9-3-10)8(12)7(11)5(2)13-4;;;;;;;;;;;;/h4-5,7-9,12-13H,1-3H3,(H,10,11);3-8,11-12H,1-2H3,(H,9,10);12*1H4/t4-,5?,7?,8+,9+;4?,5-,6+,7?,8-;;;;;;;;;;;;/m10............/s1. The van der Waals surface area contributed by atoms with Gasteiger partial charge in [0.05, 0.1) is 30.5 Å². The summed E-state index contributed by atoms with van der Waals surface area (Å²) in [7, 11) is 0. The Labute approximate surface area is 247 Å². The first-order valence-electron chi connectivity index (χ1n) is 9.01. The molecular formula is C29H80N2O8. The molecule has 254 valence electrons. The average Bonchev–Trinajstić information content (AvgIpc) is 2.59. The molecule has 2 heterocycles. The second-order valence-corrected chi connectivity index (χ2v) is 7.15. The van der Waals surface area contributed by atoms with Gasteiger partial charge in [0.1, 0.15) is 18.2 Å². The zero-order valence-corrected chi connectivity index (χ0v) is 16.3. The molecule has 0 saturated carbocycles. The molecule has 2 amide bonds. The Hall–Kier alpha value is -1.30. The van der Waals surface area contributed by atoms with Crippen molar-refractivity contribution >= 4 is 12.3 Å². The van der Waals surface area contributed by atoms with Crippen molar-refractivity contribution in [1.82, 2.24) is 10.6 Å². The predicted octanol–water partition coefficient (Wildman–Crippen LogP) is 5.49. The zero-order valence-electron chi connectivity index (χ0n) is 16.3. The summed E-state index contributed by atoms with van der Waals surface area (Å²) in [6.07, 6.45) is -4.26. The van der Waals surface area contributed by atoms with Gasteiger partial charge in [-0.25, -0.2) is 0 Å². The Morgan fingerprint density at radius 3 is 1.38 bits per heavy atom. The molecule has 2 aliphatic heterocycles. The molecule has 10 atom stereocenters. The molecular weight excluding hydrogens is 504 g/mol. The Kier molecular flexibility index (Phi) is 68.5. The minimum absolute atomic E-state index is 0. The third-order valence-electron chi connectivity index (χ3n) is 5.07. The highest BCUT2D eigenvalue weighted by atomic mass is 16.6. The van der Waals surface area contributed by atoms with Crippen molar-refractivity contribution in [3.63, 3.8) is 0 Å². The van der Waals surface area contributed by atoms with Gasteiger partial charge in [-0.1, -0.05) is 96.0 Å². The van der Waals surface area contributed by atoms with Crippen LogP contribution in [0.5, 0.6) is 0 Å². The number of aliphatic hydroxyl groups is 4. The quantitative estimate of drug-likeness (QED) is 0.238. The number of aliphatic hydroxyl groups excluding tert-OH is 4. The molecule has 10 nitrogen and oxygen atoms in total. The molecule has 6 N–H and O–H groups in total. The fourth-order valence-corrected chi connectivity index (χ4v) is 3.18. The van der Waals surface area contributed by atoms with E-state index in [0.29, 0.717) is 6.41 Å². The molecule has 4 unspecified atom stereocenters. The number of hydrogen-bond acceptors (Lipinski definition) is 8. The van der Waals surface area contributed by atoms with Gasteiger partial charge >= 0.3 is 0 Å². The van der Waals surface area contributed by atoms with E-state index in [1.54, 1.807) is 20.8 Å². The van der Waals surface area contributed by atoms with E-state index in [9.17, 15) is 30.0 Å². The number of hydrogen-bond donors (Lipinski definition) is 6. The highest BCUT2D eigenvalue weighted by molar-refractivity contribution is 5.73. The molecule has 0 aliphatic carbocycles. The maximum atomic E-state index is 10.8. The van der Waals surface area contributed by atoms with Crippen molar-refractivity contribution in [3.05, 3.63) is 0 Å². The third-order valence-corrected chi connectivity index (χ3v) is 5.07. The number of nitrogens with one attached hydrogen (secondary N) is 2. The van der Waals surface area contributed by atoms with Crippen LogP contribution in [0.2, 0.25) is 0 Å². The van der Waals surface area contributed by atoms with Gasteiger partial charge in [-0.05, 0) is 20.8 Å². The molecule has 0 bridgehead atoms. The molecule has 0 spiro atoms. The van der Waals surface area contributed by atoms with Gasteiger partial charge in [-0.2, -0.15) is 0 Å². The Morgan fingerprint density at radius 2 is 1.03 bits per heavy atom. The minimum Gasteiger partial charge on any atom is -0.390 e. The summed E-state index contributed by atoms with van der Waals surface area (Å²) in [6.45, 7) is 8.35. The van der Waals surface area contributed by atoms with Crippen LogP contribution in [0.3, 0.4) is 0 Å². The number of amides is 2. The highest BCUT2D eigenvalue weighted by Gasteiger charge is 2.41. The SMILES string of the molecule is C.C.C.C.C.C.C.C.C.C.C.C.CC(=O)NC1[C@@H](O)[C@H](C)C(C)O[C@@H]1O.CC1O[C@@H](C)C(O)[C@@H](O)[C@@H]1NC=O. The summed E-state index contributed by atoms with van der Waals surface area (Å²) in [4.78, 5) is 21.0. The van der Waals surface area contributed by atoms with Crippen LogP contribution in [0.4, 0.5) is 0 Å². The summed E-state index contributed by atoms with van der Waals surface area (Å²) in [5.74, 6) is -0.409. The van der Waals surface area contributed by atoms with Gasteiger partial charge in [0.15, 0.2) is 6.29 Å².